The van der Waals surface area contributed by atoms with Gasteiger partial charge in [0.2, 0.25) is 0 Å². The van der Waals surface area contributed by atoms with Gasteiger partial charge in [-0.2, -0.15) is 13.9 Å². The maximum atomic E-state index is 14.3. The van der Waals surface area contributed by atoms with Crippen LogP contribution in [0, 0.1) is 5.82 Å². The minimum absolute atomic E-state index is 0.0268. The molecule has 0 atom stereocenters. The summed E-state index contributed by atoms with van der Waals surface area (Å²) in [4.78, 5) is 43.6. The number of carbonyl (C=O) groups is 2. The zero-order chi connectivity index (χ0) is 26.8. The highest BCUT2D eigenvalue weighted by molar-refractivity contribution is 5.98. The van der Waals surface area contributed by atoms with E-state index in [-0.39, 0.29) is 41.4 Å². The lowest BCUT2D eigenvalue weighted by atomic mass is 10.2. The van der Waals surface area contributed by atoms with Crippen molar-refractivity contribution in [3.8, 4) is 5.75 Å². The number of para-hydroxylation sites is 1. The van der Waals surface area contributed by atoms with Gasteiger partial charge < -0.3 is 19.8 Å². The van der Waals surface area contributed by atoms with E-state index in [2.05, 4.69) is 30.4 Å². The molecule has 0 saturated carbocycles. The molecule has 38 heavy (non-hydrogen) atoms. The van der Waals surface area contributed by atoms with Gasteiger partial charge in [0.1, 0.15) is 17.1 Å². The van der Waals surface area contributed by atoms with E-state index in [1.54, 1.807) is 24.3 Å². The highest BCUT2D eigenvalue weighted by Gasteiger charge is 2.20. The third-order valence-corrected chi connectivity index (χ3v) is 5.46. The fourth-order valence-corrected chi connectivity index (χ4v) is 3.72. The van der Waals surface area contributed by atoms with E-state index in [1.165, 1.54) is 18.2 Å². The minimum atomic E-state index is -3.05. The molecule has 0 spiro atoms. The molecule has 0 fully saturated rings. The molecule has 11 nitrogen and oxygen atoms in total. The van der Waals surface area contributed by atoms with Gasteiger partial charge in [-0.05, 0) is 23.8 Å². The first-order chi connectivity index (χ1) is 18.3. The second-order valence-electron chi connectivity index (χ2n) is 7.95. The van der Waals surface area contributed by atoms with Gasteiger partial charge in [-0.25, -0.2) is 18.7 Å². The molecule has 5 rings (SSSR count). The van der Waals surface area contributed by atoms with Crippen LogP contribution in [0.4, 0.5) is 13.2 Å². The van der Waals surface area contributed by atoms with Crippen molar-refractivity contribution in [2.24, 2.45) is 0 Å². The van der Waals surface area contributed by atoms with E-state index < -0.39 is 30.0 Å². The van der Waals surface area contributed by atoms with Crippen molar-refractivity contribution in [3.05, 3.63) is 93.6 Å². The molecule has 3 N–H and O–H groups in total. The van der Waals surface area contributed by atoms with E-state index in [4.69, 9.17) is 4.42 Å². The summed E-state index contributed by atoms with van der Waals surface area (Å²) in [7, 11) is 0. The number of ether oxygens (including phenoxy) is 1. The van der Waals surface area contributed by atoms with Gasteiger partial charge in [0.25, 0.3) is 11.8 Å². The van der Waals surface area contributed by atoms with E-state index in [9.17, 15) is 27.6 Å². The van der Waals surface area contributed by atoms with Gasteiger partial charge in [0.05, 0.1) is 11.7 Å². The van der Waals surface area contributed by atoms with Crippen molar-refractivity contribution in [3.63, 3.8) is 0 Å². The van der Waals surface area contributed by atoms with Crippen LogP contribution < -0.4 is 21.1 Å². The number of nitrogens with zero attached hydrogens (tertiary/aromatic N) is 3. The Hall–Kier alpha value is -5.14. The van der Waals surface area contributed by atoms with Crippen LogP contribution in [0.5, 0.6) is 5.75 Å². The summed E-state index contributed by atoms with van der Waals surface area (Å²) in [5.41, 5.74) is 0.861. The molecular formula is C24H17F3N6O5. The van der Waals surface area contributed by atoms with Gasteiger partial charge in [-0.15, -0.1) is 0 Å². The van der Waals surface area contributed by atoms with Gasteiger partial charge in [0.15, 0.2) is 17.0 Å². The Balaban J connectivity index is 1.36. The van der Waals surface area contributed by atoms with Gasteiger partial charge in [0, 0.05) is 24.7 Å². The van der Waals surface area contributed by atoms with Crippen LogP contribution in [0.1, 0.15) is 32.1 Å². The molecule has 0 bridgehead atoms. The topological polar surface area (TPSA) is 144 Å². The average Bonchev–Trinajstić information content (AvgIpc) is 3.46. The predicted molar refractivity (Wildman–Crippen MR) is 125 cm³/mol. The number of carbonyl (C=O) groups excluding carboxylic acids is 2. The highest BCUT2D eigenvalue weighted by atomic mass is 19.3. The molecule has 0 saturated heterocycles. The monoisotopic (exact) mass is 526 g/mol. The second-order valence-corrected chi connectivity index (χ2v) is 7.95. The molecule has 3 aromatic heterocycles. The maximum absolute atomic E-state index is 14.3. The Kier molecular flexibility index (Phi) is 6.51. The first kappa shape index (κ1) is 24.5. The first-order valence-electron chi connectivity index (χ1n) is 11.0. The summed E-state index contributed by atoms with van der Waals surface area (Å²) < 4.78 is 50.0. The van der Waals surface area contributed by atoms with Crippen molar-refractivity contribution in [1.82, 2.24) is 30.2 Å². The van der Waals surface area contributed by atoms with E-state index in [0.717, 1.165) is 16.8 Å². The van der Waals surface area contributed by atoms with Crippen LogP contribution in [-0.2, 0) is 13.1 Å². The smallest absolute Gasteiger partial charge is 0.417 e. The summed E-state index contributed by atoms with van der Waals surface area (Å²) in [6.45, 7) is -3.22. The Labute approximate surface area is 210 Å². The van der Waals surface area contributed by atoms with Crippen LogP contribution in [0.3, 0.4) is 0 Å². The molecular weight excluding hydrogens is 509 g/mol. The summed E-state index contributed by atoms with van der Waals surface area (Å²) in [6.07, 6.45) is 0.841. The molecule has 14 heteroatoms. The van der Waals surface area contributed by atoms with E-state index in [1.807, 2.05) is 0 Å². The largest absolute Gasteiger partial charge is 0.434 e. The molecule has 0 aliphatic rings. The Morgan fingerprint density at radius 3 is 2.68 bits per heavy atom. The Morgan fingerprint density at radius 1 is 1.08 bits per heavy atom. The van der Waals surface area contributed by atoms with Gasteiger partial charge in [-0.3, -0.25) is 14.6 Å². The van der Waals surface area contributed by atoms with Crippen LogP contribution >= 0.6 is 0 Å². The van der Waals surface area contributed by atoms with Gasteiger partial charge in [-0.1, -0.05) is 24.3 Å². The number of aromatic nitrogens is 4. The summed E-state index contributed by atoms with van der Waals surface area (Å²) in [6, 6.07) is 11.8. The molecule has 194 valence electrons. The molecule has 2 aromatic carbocycles. The number of rotatable bonds is 8. The molecule has 0 unspecified atom stereocenters. The van der Waals surface area contributed by atoms with Crippen molar-refractivity contribution in [2.45, 2.75) is 19.7 Å². The minimum Gasteiger partial charge on any atom is -0.434 e. The highest BCUT2D eigenvalue weighted by Crippen LogP contribution is 2.20. The quantitative estimate of drug-likeness (QED) is 0.282. The van der Waals surface area contributed by atoms with Crippen LogP contribution in [0.15, 0.2) is 63.9 Å². The van der Waals surface area contributed by atoms with Crippen LogP contribution in [-0.4, -0.2) is 38.0 Å². The number of benzene rings is 2. The standard InChI is InChI=1S/C24H17F3N6O5/c25-14-11-30-33-17(22(35)29-10-13-3-1-2-4-18(13)37-23(26)27)8-16(31-20(14)33)21(34)28-9-12-5-6-19-15(7-12)32-24(36)38-19/h1-8,11,23H,9-10H2,(H,28,34)(H,29,35)(H,32,36). The molecule has 5 aromatic rings. The summed E-state index contributed by atoms with van der Waals surface area (Å²) in [5.74, 6) is -3.07. The van der Waals surface area contributed by atoms with Gasteiger partial charge >= 0.3 is 12.4 Å². The van der Waals surface area contributed by atoms with Crippen molar-refractivity contribution >= 4 is 28.6 Å². The van der Waals surface area contributed by atoms with E-state index in [0.29, 0.717) is 16.7 Å². The number of oxazole rings is 1. The molecule has 0 radical (unpaired) electrons. The zero-order valence-corrected chi connectivity index (χ0v) is 19.2. The number of aromatic amines is 1. The lowest BCUT2D eigenvalue weighted by Gasteiger charge is -2.12. The fourth-order valence-electron chi connectivity index (χ4n) is 3.72. The zero-order valence-electron chi connectivity index (χ0n) is 19.2. The van der Waals surface area contributed by atoms with Crippen molar-refractivity contribution in [1.29, 1.82) is 0 Å². The number of fused-ring (bicyclic) bond motifs is 2. The van der Waals surface area contributed by atoms with Crippen LogP contribution in [0.25, 0.3) is 16.7 Å². The molecule has 0 aliphatic carbocycles. The fraction of sp³-hybridized carbons (Fsp3) is 0.125. The SMILES string of the molecule is O=C(NCc1ccc2oc(=O)[nH]c2c1)c1cc(C(=O)NCc2ccccc2OC(F)F)n2ncc(F)c2n1. The number of H-pyrrole nitrogens is 1. The number of hydrogen-bond acceptors (Lipinski definition) is 7. The van der Waals surface area contributed by atoms with Crippen LogP contribution in [0.2, 0.25) is 0 Å². The lowest BCUT2D eigenvalue weighted by molar-refractivity contribution is -0.0504. The number of hydrogen-bond donors (Lipinski definition) is 3. The summed E-state index contributed by atoms with van der Waals surface area (Å²) in [5, 5.41) is 8.95. The number of amides is 2. The molecule has 3 heterocycles. The lowest BCUT2D eigenvalue weighted by Crippen LogP contribution is -2.28. The summed E-state index contributed by atoms with van der Waals surface area (Å²) >= 11 is 0. The third kappa shape index (κ3) is 5.04. The van der Waals surface area contributed by atoms with E-state index >= 15 is 0 Å². The second kappa shape index (κ2) is 10.1. The third-order valence-electron chi connectivity index (χ3n) is 5.46. The number of halogens is 3. The average molecular weight is 526 g/mol. The predicted octanol–water partition coefficient (Wildman–Crippen LogP) is 2.76. The first-order valence-corrected chi connectivity index (χ1v) is 11.0. The Morgan fingerprint density at radius 2 is 1.87 bits per heavy atom. The van der Waals surface area contributed by atoms with Crippen molar-refractivity contribution in [2.75, 3.05) is 0 Å². The normalized spacial score (nSPS) is 11.3. The Bertz CT molecular complexity index is 1730. The number of alkyl halides is 2. The maximum Gasteiger partial charge on any atom is 0.417 e. The molecule has 0 aliphatic heterocycles. The molecule has 2 amide bonds. The number of nitrogens with one attached hydrogen (secondary N) is 3. The van der Waals surface area contributed by atoms with Crippen molar-refractivity contribution < 1.29 is 31.9 Å².